The van der Waals surface area contributed by atoms with Gasteiger partial charge in [0.15, 0.2) is 0 Å². The van der Waals surface area contributed by atoms with Gasteiger partial charge in [0.2, 0.25) is 0 Å². The van der Waals surface area contributed by atoms with Crippen LogP contribution < -0.4 is 15.1 Å². The summed E-state index contributed by atoms with van der Waals surface area (Å²) in [5.74, 6) is 0.508. The lowest BCUT2D eigenvalue weighted by atomic mass is 9.97. The Morgan fingerprint density at radius 2 is 2.06 bits per heavy atom. The smallest absolute Gasteiger partial charge is 0.370 e. The zero-order valence-corrected chi connectivity index (χ0v) is 20.5. The fourth-order valence-electron chi connectivity index (χ4n) is 5.12. The molecule has 1 amide bonds. The number of hydrogen-bond acceptors (Lipinski definition) is 5. The van der Waals surface area contributed by atoms with Crippen LogP contribution in [0.5, 0.6) is 0 Å². The van der Waals surface area contributed by atoms with Crippen molar-refractivity contribution in [2.75, 3.05) is 29.9 Å². The van der Waals surface area contributed by atoms with Crippen molar-refractivity contribution in [2.45, 2.75) is 44.4 Å². The first-order chi connectivity index (χ1) is 17.1. The van der Waals surface area contributed by atoms with Gasteiger partial charge in [0.1, 0.15) is 12.2 Å². The molecule has 2 aliphatic heterocycles. The number of halogens is 3. The minimum absolute atomic E-state index is 0.0340. The molecule has 3 heterocycles. The van der Waals surface area contributed by atoms with Crippen molar-refractivity contribution in [3.05, 3.63) is 70.8 Å². The molecule has 0 saturated carbocycles. The molecule has 1 N–H and O–H groups in total. The zero-order valence-electron chi connectivity index (χ0n) is 20.5. The summed E-state index contributed by atoms with van der Waals surface area (Å²) in [5.41, 5.74) is 1.39. The lowest BCUT2D eigenvalue weighted by Crippen LogP contribution is -2.33. The highest BCUT2D eigenvalue weighted by molar-refractivity contribution is 6.11. The van der Waals surface area contributed by atoms with Gasteiger partial charge >= 0.3 is 6.18 Å². The second-order valence-electron chi connectivity index (χ2n) is 9.72. The van der Waals surface area contributed by atoms with Crippen LogP contribution in [0.15, 0.2) is 42.7 Å². The summed E-state index contributed by atoms with van der Waals surface area (Å²) < 4.78 is 44.2. The Morgan fingerprint density at radius 1 is 1.25 bits per heavy atom. The normalized spacial score (nSPS) is 18.6. The molecule has 36 heavy (non-hydrogen) atoms. The average molecular weight is 499 g/mol. The number of likely N-dealkylation sites (N-methyl/N-ethyl adjacent to an activating group) is 1. The number of carbonyl (C=O) groups excluding carboxylic acids is 1. The quantitative estimate of drug-likeness (QED) is 0.554. The predicted molar refractivity (Wildman–Crippen MR) is 131 cm³/mol. The van der Waals surface area contributed by atoms with Crippen molar-refractivity contribution in [3.63, 3.8) is 0 Å². The Bertz CT molecular complexity index is 1280. The summed E-state index contributed by atoms with van der Waals surface area (Å²) in [6.07, 6.45) is -1.42. The summed E-state index contributed by atoms with van der Waals surface area (Å²) in [5, 5.41) is 11.3. The van der Waals surface area contributed by atoms with E-state index < -0.39 is 17.6 Å². The highest BCUT2D eigenvalue weighted by Gasteiger charge is 2.41. The van der Waals surface area contributed by atoms with Gasteiger partial charge in [-0.1, -0.05) is 19.1 Å². The molecule has 2 aromatic carbocycles. The van der Waals surface area contributed by atoms with Crippen LogP contribution in [-0.2, 0) is 26.2 Å². The SMILES string of the molecule is CC(Cc1nncn1C)c1cccc(N2Cc3c(cc(N(C)C4CCNC4)cc3C(F)(F)F)C2=O)c1. The number of anilines is 2. The van der Waals surface area contributed by atoms with Crippen molar-refractivity contribution >= 4 is 17.3 Å². The number of aryl methyl sites for hydroxylation is 1. The zero-order chi connectivity index (χ0) is 25.6. The largest absolute Gasteiger partial charge is 0.416 e. The van der Waals surface area contributed by atoms with Crippen LogP contribution in [0.25, 0.3) is 0 Å². The van der Waals surface area contributed by atoms with Crippen molar-refractivity contribution in [2.24, 2.45) is 7.05 Å². The van der Waals surface area contributed by atoms with Gasteiger partial charge in [-0.05, 0) is 54.3 Å². The average Bonchev–Trinajstić information content (AvgIpc) is 3.59. The molecule has 0 radical (unpaired) electrons. The molecule has 3 aromatic rings. The van der Waals surface area contributed by atoms with E-state index in [1.165, 1.54) is 11.0 Å². The Balaban J connectivity index is 1.46. The van der Waals surface area contributed by atoms with Crippen molar-refractivity contribution in [1.29, 1.82) is 0 Å². The third-order valence-corrected chi connectivity index (χ3v) is 7.37. The van der Waals surface area contributed by atoms with Gasteiger partial charge in [0.05, 0.1) is 12.1 Å². The molecule has 1 saturated heterocycles. The number of aromatic nitrogens is 3. The lowest BCUT2D eigenvalue weighted by molar-refractivity contribution is -0.138. The van der Waals surface area contributed by atoms with Crippen LogP contribution in [0, 0.1) is 0 Å². The highest BCUT2D eigenvalue weighted by Crippen LogP contribution is 2.41. The van der Waals surface area contributed by atoms with Gasteiger partial charge in [-0.3, -0.25) is 4.79 Å². The Morgan fingerprint density at radius 3 is 2.72 bits per heavy atom. The minimum atomic E-state index is -4.56. The molecule has 7 nitrogen and oxygen atoms in total. The summed E-state index contributed by atoms with van der Waals surface area (Å²) in [7, 11) is 3.67. The lowest BCUT2D eigenvalue weighted by Gasteiger charge is -2.27. The second-order valence-corrected chi connectivity index (χ2v) is 9.72. The second kappa shape index (κ2) is 9.24. The highest BCUT2D eigenvalue weighted by atomic mass is 19.4. The van der Waals surface area contributed by atoms with Gasteiger partial charge in [-0.15, -0.1) is 10.2 Å². The molecule has 0 bridgehead atoms. The van der Waals surface area contributed by atoms with E-state index in [1.54, 1.807) is 25.5 Å². The van der Waals surface area contributed by atoms with E-state index in [2.05, 4.69) is 22.4 Å². The maximum atomic E-state index is 14.1. The topological polar surface area (TPSA) is 66.3 Å². The molecular formula is C26H29F3N6O. The van der Waals surface area contributed by atoms with Crippen LogP contribution in [0.3, 0.4) is 0 Å². The number of nitrogens with zero attached hydrogens (tertiary/aromatic N) is 5. The summed E-state index contributed by atoms with van der Waals surface area (Å²) in [6.45, 7) is 3.47. The van der Waals surface area contributed by atoms with Crippen molar-refractivity contribution < 1.29 is 18.0 Å². The third-order valence-electron chi connectivity index (χ3n) is 7.37. The number of benzene rings is 2. The van der Waals surface area contributed by atoms with Crippen LogP contribution in [0.4, 0.5) is 24.5 Å². The van der Waals surface area contributed by atoms with Gasteiger partial charge in [0.25, 0.3) is 5.91 Å². The molecule has 1 fully saturated rings. The van der Waals surface area contributed by atoms with E-state index in [0.29, 0.717) is 24.3 Å². The molecule has 2 unspecified atom stereocenters. The first kappa shape index (κ1) is 24.3. The van der Waals surface area contributed by atoms with Crippen molar-refractivity contribution in [1.82, 2.24) is 20.1 Å². The van der Waals surface area contributed by atoms with E-state index in [9.17, 15) is 18.0 Å². The molecule has 2 aliphatic rings. The van der Waals surface area contributed by atoms with Gasteiger partial charge in [0, 0.05) is 50.0 Å². The molecule has 10 heteroatoms. The number of carbonyl (C=O) groups is 1. The molecule has 0 spiro atoms. The number of amides is 1. The van der Waals surface area contributed by atoms with Crippen LogP contribution in [0.1, 0.15) is 52.1 Å². The summed E-state index contributed by atoms with van der Waals surface area (Å²) in [4.78, 5) is 16.8. The monoisotopic (exact) mass is 498 g/mol. The first-order valence-corrected chi connectivity index (χ1v) is 12.1. The molecule has 190 valence electrons. The maximum absolute atomic E-state index is 14.1. The third kappa shape index (κ3) is 4.45. The molecular weight excluding hydrogens is 469 g/mol. The Labute approximate surface area is 207 Å². The van der Waals surface area contributed by atoms with Crippen LogP contribution in [0.2, 0.25) is 0 Å². The van der Waals surface area contributed by atoms with Crippen LogP contribution >= 0.6 is 0 Å². The number of alkyl halides is 3. The fraction of sp³-hybridized carbons (Fsp3) is 0.423. The standard InChI is InChI=1S/C26H29F3N6O/c1-16(9-24-32-31-15-33(24)2)17-5-4-6-18(10-17)35-14-22-21(25(35)36)11-20(12-23(22)26(27,28)29)34(3)19-7-8-30-13-19/h4-6,10-12,15-16,19,30H,7-9,13-14H2,1-3H3. The maximum Gasteiger partial charge on any atom is 0.416 e. The number of nitrogens with one attached hydrogen (secondary N) is 1. The minimum Gasteiger partial charge on any atom is -0.370 e. The Hall–Kier alpha value is -3.40. The molecule has 5 rings (SSSR count). The number of rotatable bonds is 6. The van der Waals surface area contributed by atoms with Crippen LogP contribution in [-0.4, -0.2) is 46.9 Å². The summed E-state index contributed by atoms with van der Waals surface area (Å²) in [6, 6.07) is 10.3. The number of fused-ring (bicyclic) bond motifs is 1. The van der Waals surface area contributed by atoms with Gasteiger partial charge in [-0.25, -0.2) is 0 Å². The van der Waals surface area contributed by atoms with Gasteiger partial charge < -0.3 is 19.7 Å². The van der Waals surface area contributed by atoms with E-state index in [1.807, 2.05) is 34.7 Å². The molecule has 1 aromatic heterocycles. The van der Waals surface area contributed by atoms with E-state index in [-0.39, 0.29) is 29.6 Å². The fourth-order valence-corrected chi connectivity index (χ4v) is 5.12. The van der Waals surface area contributed by atoms with E-state index in [4.69, 9.17) is 0 Å². The van der Waals surface area contributed by atoms with E-state index in [0.717, 1.165) is 24.4 Å². The predicted octanol–water partition coefficient (Wildman–Crippen LogP) is 4.14. The summed E-state index contributed by atoms with van der Waals surface area (Å²) >= 11 is 0. The van der Waals surface area contributed by atoms with Gasteiger partial charge in [-0.2, -0.15) is 13.2 Å². The van der Waals surface area contributed by atoms with E-state index >= 15 is 0 Å². The number of hydrogen-bond donors (Lipinski definition) is 1. The Kier molecular flexibility index (Phi) is 6.23. The first-order valence-electron chi connectivity index (χ1n) is 12.1. The molecule has 0 aliphatic carbocycles. The van der Waals surface area contributed by atoms with Crippen molar-refractivity contribution in [3.8, 4) is 0 Å². The molecule has 2 atom stereocenters.